The van der Waals surface area contributed by atoms with Gasteiger partial charge in [0.25, 0.3) is 6.43 Å². The Balaban J connectivity index is 1.29. The average molecular weight is 503 g/mol. The normalized spacial score (nSPS) is 17.8. The fourth-order valence-corrected chi connectivity index (χ4v) is 4.90. The molecule has 0 bridgehead atoms. The Labute approximate surface area is 204 Å². The van der Waals surface area contributed by atoms with Gasteiger partial charge < -0.3 is 14.8 Å². The largest absolute Gasteiger partial charge is 0.479 e. The molecule has 0 spiro atoms. The summed E-state index contributed by atoms with van der Waals surface area (Å²) in [5.41, 5.74) is 1.71. The number of benzene rings is 1. The number of hydrogen-bond acceptors (Lipinski definition) is 8. The Morgan fingerprint density at radius 3 is 2.72 bits per heavy atom. The number of ether oxygens (including phenoxy) is 2. The number of fused-ring (bicyclic) bond motifs is 2. The maximum absolute atomic E-state index is 14.8. The summed E-state index contributed by atoms with van der Waals surface area (Å²) in [6.07, 6.45) is 1.03. The van der Waals surface area contributed by atoms with E-state index < -0.39 is 18.8 Å². The van der Waals surface area contributed by atoms with Crippen molar-refractivity contribution < 1.29 is 22.6 Å². The monoisotopic (exact) mass is 502 g/mol. The first kappa shape index (κ1) is 23.0. The zero-order chi connectivity index (χ0) is 24.8. The van der Waals surface area contributed by atoms with Crippen LogP contribution in [0.1, 0.15) is 12.8 Å². The molecule has 3 aromatic heterocycles. The van der Waals surface area contributed by atoms with Gasteiger partial charge in [-0.2, -0.15) is 4.98 Å². The molecule has 0 radical (unpaired) electrons. The molecule has 2 saturated heterocycles. The van der Waals surface area contributed by atoms with Crippen LogP contribution in [0.25, 0.3) is 27.7 Å². The molecule has 0 atom stereocenters. The van der Waals surface area contributed by atoms with Gasteiger partial charge >= 0.3 is 0 Å². The lowest BCUT2D eigenvalue weighted by Crippen LogP contribution is -2.53. The number of halogens is 3. The van der Waals surface area contributed by atoms with Crippen LogP contribution < -0.4 is 10.1 Å². The van der Waals surface area contributed by atoms with Crippen molar-refractivity contribution in [1.29, 1.82) is 0 Å². The standard InChI is InChI=1S/C23H25F3N8O2/c1-35-22-21-16(13-8-17(24)20-18(9-13)34(31-29-20)10-19(25)26)4-7-33(21)30-23(28-22)27-14-2-5-32(6-3-14)15-11-36-12-15/h4,7-9,14-15,19H,2-3,5-6,10-12H2,1H3,(H,27,30). The van der Waals surface area contributed by atoms with Crippen LogP contribution in [0, 0.1) is 5.82 Å². The first-order valence-electron chi connectivity index (χ1n) is 11.8. The van der Waals surface area contributed by atoms with Crippen LogP contribution in [-0.2, 0) is 11.3 Å². The molecule has 5 heterocycles. The lowest BCUT2D eigenvalue weighted by Gasteiger charge is -2.41. The van der Waals surface area contributed by atoms with Crippen molar-refractivity contribution in [2.24, 2.45) is 0 Å². The molecule has 2 aliphatic rings. The minimum absolute atomic E-state index is 0.0616. The third kappa shape index (κ3) is 4.11. The van der Waals surface area contributed by atoms with Crippen molar-refractivity contribution in [3.63, 3.8) is 0 Å². The van der Waals surface area contributed by atoms with Crippen LogP contribution in [0.15, 0.2) is 24.4 Å². The van der Waals surface area contributed by atoms with Gasteiger partial charge in [-0.1, -0.05) is 5.21 Å². The molecular weight excluding hydrogens is 477 g/mol. The third-order valence-corrected chi connectivity index (χ3v) is 6.87. The lowest BCUT2D eigenvalue weighted by molar-refractivity contribution is -0.0705. The van der Waals surface area contributed by atoms with E-state index in [2.05, 4.69) is 30.6 Å². The molecule has 13 heteroatoms. The Kier molecular flexibility index (Phi) is 5.88. The summed E-state index contributed by atoms with van der Waals surface area (Å²) < 4.78 is 54.2. The van der Waals surface area contributed by atoms with Gasteiger partial charge in [0.05, 0.1) is 31.9 Å². The number of nitrogens with one attached hydrogen (secondary N) is 1. The summed E-state index contributed by atoms with van der Waals surface area (Å²) >= 11 is 0. The highest BCUT2D eigenvalue weighted by molar-refractivity contribution is 5.89. The van der Waals surface area contributed by atoms with Crippen LogP contribution in [0.4, 0.5) is 19.1 Å². The Morgan fingerprint density at radius 2 is 2.03 bits per heavy atom. The highest BCUT2D eigenvalue weighted by Gasteiger charge is 2.30. The Morgan fingerprint density at radius 1 is 1.22 bits per heavy atom. The molecule has 190 valence electrons. The molecule has 0 amide bonds. The zero-order valence-electron chi connectivity index (χ0n) is 19.6. The molecule has 1 aromatic carbocycles. The number of aromatic nitrogens is 6. The summed E-state index contributed by atoms with van der Waals surface area (Å²) in [6, 6.07) is 5.41. The van der Waals surface area contributed by atoms with E-state index in [9.17, 15) is 13.2 Å². The molecule has 2 fully saturated rings. The van der Waals surface area contributed by atoms with E-state index in [1.54, 1.807) is 22.8 Å². The first-order valence-corrected chi connectivity index (χ1v) is 11.8. The van der Waals surface area contributed by atoms with Gasteiger partial charge in [0, 0.05) is 30.9 Å². The molecule has 0 saturated carbocycles. The minimum atomic E-state index is -2.64. The number of methoxy groups -OCH3 is 1. The third-order valence-electron chi connectivity index (χ3n) is 6.87. The number of anilines is 1. The van der Waals surface area contributed by atoms with E-state index in [4.69, 9.17) is 9.47 Å². The Hall–Kier alpha value is -3.45. The van der Waals surface area contributed by atoms with Gasteiger partial charge in [0.1, 0.15) is 17.6 Å². The van der Waals surface area contributed by atoms with E-state index in [1.165, 1.54) is 13.2 Å². The highest BCUT2D eigenvalue weighted by atomic mass is 19.3. The van der Waals surface area contributed by atoms with Crippen molar-refractivity contribution in [1.82, 2.24) is 34.5 Å². The molecule has 10 nitrogen and oxygen atoms in total. The van der Waals surface area contributed by atoms with Gasteiger partial charge in [0.15, 0.2) is 5.82 Å². The molecule has 2 aliphatic heterocycles. The van der Waals surface area contributed by atoms with Gasteiger partial charge in [-0.15, -0.1) is 10.2 Å². The van der Waals surface area contributed by atoms with Crippen LogP contribution in [0.2, 0.25) is 0 Å². The molecule has 6 rings (SSSR count). The van der Waals surface area contributed by atoms with Crippen molar-refractivity contribution >= 4 is 22.5 Å². The molecule has 4 aromatic rings. The molecule has 36 heavy (non-hydrogen) atoms. The first-order chi connectivity index (χ1) is 17.5. The summed E-state index contributed by atoms with van der Waals surface area (Å²) in [5, 5.41) is 15.4. The second-order valence-corrected chi connectivity index (χ2v) is 9.10. The van der Waals surface area contributed by atoms with Crippen LogP contribution in [0.5, 0.6) is 5.88 Å². The fourth-order valence-electron chi connectivity index (χ4n) is 4.90. The van der Waals surface area contributed by atoms with Crippen molar-refractivity contribution in [3.05, 3.63) is 30.2 Å². The van der Waals surface area contributed by atoms with Gasteiger partial charge in [-0.05, 0) is 36.6 Å². The van der Waals surface area contributed by atoms with Gasteiger partial charge in [0.2, 0.25) is 11.8 Å². The van der Waals surface area contributed by atoms with Crippen LogP contribution >= 0.6 is 0 Å². The van der Waals surface area contributed by atoms with Gasteiger partial charge in [-0.25, -0.2) is 22.4 Å². The molecule has 0 aliphatic carbocycles. The van der Waals surface area contributed by atoms with E-state index in [0.29, 0.717) is 34.5 Å². The second kappa shape index (κ2) is 9.21. The topological polar surface area (TPSA) is 94.6 Å². The maximum atomic E-state index is 14.8. The highest BCUT2D eigenvalue weighted by Crippen LogP contribution is 2.34. The predicted octanol–water partition coefficient (Wildman–Crippen LogP) is 2.83. The zero-order valence-corrected chi connectivity index (χ0v) is 19.6. The second-order valence-electron chi connectivity index (χ2n) is 9.10. The summed E-state index contributed by atoms with van der Waals surface area (Å²) in [6.45, 7) is 2.93. The van der Waals surface area contributed by atoms with Crippen LogP contribution in [0.3, 0.4) is 0 Å². The summed E-state index contributed by atoms with van der Waals surface area (Å²) in [5.74, 6) is 0.101. The lowest BCUT2D eigenvalue weighted by atomic mass is 10.0. The molecule has 1 N–H and O–H groups in total. The smallest absolute Gasteiger partial charge is 0.258 e. The summed E-state index contributed by atoms with van der Waals surface area (Å²) in [4.78, 5) is 7.02. The number of nitrogens with zero attached hydrogens (tertiary/aromatic N) is 7. The van der Waals surface area contributed by atoms with Gasteiger partial charge in [-0.3, -0.25) is 4.90 Å². The van der Waals surface area contributed by atoms with Crippen LogP contribution in [-0.4, -0.2) is 86.4 Å². The summed E-state index contributed by atoms with van der Waals surface area (Å²) in [7, 11) is 1.51. The number of hydrogen-bond donors (Lipinski definition) is 1. The number of likely N-dealkylation sites (tertiary alicyclic amines) is 1. The van der Waals surface area contributed by atoms with Crippen molar-refractivity contribution in [3.8, 4) is 17.0 Å². The number of alkyl halides is 2. The maximum Gasteiger partial charge on any atom is 0.258 e. The van der Waals surface area contributed by atoms with Crippen molar-refractivity contribution in [2.75, 3.05) is 38.7 Å². The van der Waals surface area contributed by atoms with E-state index >= 15 is 0 Å². The average Bonchev–Trinajstić information content (AvgIpc) is 3.43. The minimum Gasteiger partial charge on any atom is -0.479 e. The fraction of sp³-hybridized carbons (Fsp3) is 0.478. The predicted molar refractivity (Wildman–Crippen MR) is 125 cm³/mol. The Bertz CT molecular complexity index is 1400. The number of rotatable bonds is 7. The van der Waals surface area contributed by atoms with E-state index in [1.807, 2.05) is 0 Å². The van der Waals surface area contributed by atoms with E-state index in [-0.39, 0.29) is 17.1 Å². The number of piperidine rings is 1. The quantitative estimate of drug-likeness (QED) is 0.412. The molecular formula is C23H25F3N8O2. The SMILES string of the molecule is COc1nc(NC2CCN(C3COC3)CC2)nn2ccc(-c3cc(F)c4nnn(CC(F)F)c4c3)c12. The van der Waals surface area contributed by atoms with Crippen molar-refractivity contribution in [2.45, 2.75) is 37.9 Å². The van der Waals surface area contributed by atoms with E-state index in [0.717, 1.165) is 43.8 Å². The molecule has 0 unspecified atom stereocenters.